The summed E-state index contributed by atoms with van der Waals surface area (Å²) >= 11 is 0. The van der Waals surface area contributed by atoms with Crippen molar-refractivity contribution < 1.29 is 17.9 Å². The van der Waals surface area contributed by atoms with E-state index in [1.54, 1.807) is 11.0 Å². The molecule has 3 aromatic rings. The minimum absolute atomic E-state index is 0.160. The van der Waals surface area contributed by atoms with Gasteiger partial charge < -0.3 is 10.1 Å². The van der Waals surface area contributed by atoms with Crippen LogP contribution in [0.4, 0.5) is 19.1 Å². The molecule has 2 heterocycles. The molecule has 3 rings (SSSR count). The first-order chi connectivity index (χ1) is 12.0. The molecule has 0 fully saturated rings. The lowest BCUT2D eigenvalue weighted by atomic mass is 10.2. The number of nitrogens with one attached hydrogen (secondary N) is 1. The summed E-state index contributed by atoms with van der Waals surface area (Å²) in [5, 5.41) is 6.78. The van der Waals surface area contributed by atoms with Gasteiger partial charge in [-0.2, -0.15) is 23.3 Å². The zero-order valence-corrected chi connectivity index (χ0v) is 13.0. The van der Waals surface area contributed by atoms with Crippen molar-refractivity contribution >= 4 is 5.95 Å². The lowest BCUT2D eigenvalue weighted by molar-refractivity contribution is -0.141. The SMILES string of the molecule is COc1cc(C(F)(F)F)nc(NCc2ccc(-n3cncn3)cc2)n1. The van der Waals surface area contributed by atoms with Crippen molar-refractivity contribution in [2.45, 2.75) is 12.7 Å². The maximum Gasteiger partial charge on any atom is 0.433 e. The average molecular weight is 350 g/mol. The molecule has 25 heavy (non-hydrogen) atoms. The van der Waals surface area contributed by atoms with Gasteiger partial charge in [-0.25, -0.2) is 14.6 Å². The fraction of sp³-hybridized carbons (Fsp3) is 0.200. The zero-order chi connectivity index (χ0) is 17.9. The number of nitrogens with zero attached hydrogens (tertiary/aromatic N) is 5. The molecule has 130 valence electrons. The van der Waals surface area contributed by atoms with E-state index in [4.69, 9.17) is 4.74 Å². The summed E-state index contributed by atoms with van der Waals surface area (Å²) in [7, 11) is 1.25. The second kappa shape index (κ2) is 6.75. The second-order valence-corrected chi connectivity index (χ2v) is 4.98. The van der Waals surface area contributed by atoms with Crippen LogP contribution >= 0.6 is 0 Å². The molecule has 0 atom stereocenters. The molecule has 0 bridgehead atoms. The molecule has 10 heteroatoms. The van der Waals surface area contributed by atoms with Crippen LogP contribution < -0.4 is 10.1 Å². The Kier molecular flexibility index (Phi) is 4.50. The standard InChI is InChI=1S/C15H13F3N6O/c1-25-13-6-12(15(16,17)18)22-14(23-13)20-7-10-2-4-11(5-3-10)24-9-19-8-21-24/h2-6,8-9H,7H2,1H3,(H,20,22,23). The molecule has 2 aromatic heterocycles. The van der Waals surface area contributed by atoms with Crippen molar-refractivity contribution in [3.63, 3.8) is 0 Å². The molecule has 7 nitrogen and oxygen atoms in total. The highest BCUT2D eigenvalue weighted by Crippen LogP contribution is 2.30. The number of hydrogen-bond donors (Lipinski definition) is 1. The molecule has 1 aromatic carbocycles. The number of rotatable bonds is 5. The first kappa shape index (κ1) is 16.7. The van der Waals surface area contributed by atoms with Crippen molar-refractivity contribution in [3.05, 3.63) is 54.2 Å². The van der Waals surface area contributed by atoms with Gasteiger partial charge in [0.05, 0.1) is 12.8 Å². The molecule has 0 saturated heterocycles. The molecule has 0 radical (unpaired) electrons. The van der Waals surface area contributed by atoms with Crippen molar-refractivity contribution in [2.75, 3.05) is 12.4 Å². The third-order valence-corrected chi connectivity index (χ3v) is 3.27. The first-order valence-corrected chi connectivity index (χ1v) is 7.14. The van der Waals surface area contributed by atoms with Gasteiger partial charge in [0.2, 0.25) is 11.8 Å². The Labute approximate surface area is 140 Å². The first-order valence-electron chi connectivity index (χ1n) is 7.14. The number of alkyl halides is 3. The van der Waals surface area contributed by atoms with E-state index in [1.807, 2.05) is 24.3 Å². The lowest BCUT2D eigenvalue weighted by Gasteiger charge is -2.11. The predicted molar refractivity (Wildman–Crippen MR) is 82.3 cm³/mol. The Morgan fingerprint density at radius 2 is 1.92 bits per heavy atom. The van der Waals surface area contributed by atoms with E-state index in [1.165, 1.54) is 13.4 Å². The van der Waals surface area contributed by atoms with Crippen LogP contribution in [0.3, 0.4) is 0 Å². The van der Waals surface area contributed by atoms with Gasteiger partial charge >= 0.3 is 6.18 Å². The quantitative estimate of drug-likeness (QED) is 0.762. The van der Waals surface area contributed by atoms with Gasteiger partial charge in [0.25, 0.3) is 0 Å². The number of halogens is 3. The van der Waals surface area contributed by atoms with Crippen LogP contribution in [0.1, 0.15) is 11.3 Å². The molecule has 0 unspecified atom stereocenters. The number of ether oxygens (including phenoxy) is 1. The van der Waals surface area contributed by atoms with Gasteiger partial charge in [-0.1, -0.05) is 12.1 Å². The molecule has 0 spiro atoms. The lowest BCUT2D eigenvalue weighted by Crippen LogP contribution is -2.12. The summed E-state index contributed by atoms with van der Waals surface area (Å²) in [5.41, 5.74) is 0.588. The fourth-order valence-electron chi connectivity index (χ4n) is 2.04. The normalized spacial score (nSPS) is 11.4. The van der Waals surface area contributed by atoms with Gasteiger partial charge in [-0.15, -0.1) is 0 Å². The number of benzene rings is 1. The summed E-state index contributed by atoms with van der Waals surface area (Å²) in [4.78, 5) is 11.2. The van der Waals surface area contributed by atoms with Crippen molar-refractivity contribution in [1.29, 1.82) is 0 Å². The van der Waals surface area contributed by atoms with Crippen molar-refractivity contribution in [3.8, 4) is 11.6 Å². The third-order valence-electron chi connectivity index (χ3n) is 3.27. The largest absolute Gasteiger partial charge is 0.481 e. The van der Waals surface area contributed by atoms with Crippen molar-refractivity contribution in [1.82, 2.24) is 24.7 Å². The van der Waals surface area contributed by atoms with E-state index in [-0.39, 0.29) is 18.4 Å². The van der Waals surface area contributed by atoms with Crippen LogP contribution in [0.5, 0.6) is 5.88 Å². The molecule has 0 aliphatic carbocycles. The summed E-state index contributed by atoms with van der Waals surface area (Å²) in [6.07, 6.45) is -1.59. The highest BCUT2D eigenvalue weighted by atomic mass is 19.4. The predicted octanol–water partition coefficient (Wildman–Crippen LogP) is 2.70. The van der Waals surface area contributed by atoms with E-state index in [2.05, 4.69) is 25.4 Å². The van der Waals surface area contributed by atoms with E-state index in [0.29, 0.717) is 0 Å². The highest BCUT2D eigenvalue weighted by Gasteiger charge is 2.34. The van der Waals surface area contributed by atoms with Gasteiger partial charge in [-0.3, -0.25) is 0 Å². The van der Waals surface area contributed by atoms with Crippen LogP contribution in [-0.4, -0.2) is 31.8 Å². The van der Waals surface area contributed by atoms with Crippen LogP contribution in [-0.2, 0) is 12.7 Å². The average Bonchev–Trinajstić information content (AvgIpc) is 3.14. The fourth-order valence-corrected chi connectivity index (χ4v) is 2.04. The van der Waals surface area contributed by atoms with Gasteiger partial charge in [0.15, 0.2) is 5.69 Å². The Balaban J connectivity index is 1.73. The van der Waals surface area contributed by atoms with Crippen LogP contribution in [0, 0.1) is 0 Å². The van der Waals surface area contributed by atoms with Gasteiger partial charge in [-0.05, 0) is 17.7 Å². The Morgan fingerprint density at radius 1 is 1.16 bits per heavy atom. The summed E-state index contributed by atoms with van der Waals surface area (Å²) in [5.74, 6) is -0.321. The van der Waals surface area contributed by atoms with Crippen molar-refractivity contribution in [2.24, 2.45) is 0 Å². The second-order valence-electron chi connectivity index (χ2n) is 4.98. The molecular weight excluding hydrogens is 337 g/mol. The monoisotopic (exact) mass is 350 g/mol. The number of aromatic nitrogens is 5. The van der Waals surface area contributed by atoms with E-state index in [9.17, 15) is 13.2 Å². The smallest absolute Gasteiger partial charge is 0.433 e. The molecular formula is C15H13F3N6O. The van der Waals surface area contributed by atoms with E-state index in [0.717, 1.165) is 17.3 Å². The number of hydrogen-bond acceptors (Lipinski definition) is 6. The number of anilines is 1. The van der Waals surface area contributed by atoms with Gasteiger partial charge in [0.1, 0.15) is 12.7 Å². The molecule has 0 saturated carbocycles. The van der Waals surface area contributed by atoms with Crippen LogP contribution in [0.2, 0.25) is 0 Å². The highest BCUT2D eigenvalue weighted by molar-refractivity contribution is 5.37. The summed E-state index contributed by atoms with van der Waals surface area (Å²) < 4.78 is 44.9. The Bertz CT molecular complexity index is 833. The number of methoxy groups -OCH3 is 1. The molecule has 0 aliphatic heterocycles. The van der Waals surface area contributed by atoms with Gasteiger partial charge in [0, 0.05) is 12.6 Å². The van der Waals surface area contributed by atoms with E-state index >= 15 is 0 Å². The van der Waals surface area contributed by atoms with Crippen LogP contribution in [0.15, 0.2) is 43.0 Å². The minimum Gasteiger partial charge on any atom is -0.481 e. The molecule has 0 aliphatic rings. The summed E-state index contributed by atoms with van der Waals surface area (Å²) in [6.45, 7) is 0.252. The van der Waals surface area contributed by atoms with E-state index < -0.39 is 11.9 Å². The maximum absolute atomic E-state index is 12.8. The minimum atomic E-state index is -4.58. The third kappa shape index (κ3) is 4.03. The molecule has 1 N–H and O–H groups in total. The topological polar surface area (TPSA) is 77.8 Å². The zero-order valence-electron chi connectivity index (χ0n) is 13.0. The van der Waals surface area contributed by atoms with Crippen LogP contribution in [0.25, 0.3) is 5.69 Å². The molecule has 0 amide bonds. The summed E-state index contributed by atoms with van der Waals surface area (Å²) in [6, 6.07) is 8.01. The Hall–Kier alpha value is -3.17. The maximum atomic E-state index is 12.8. The Morgan fingerprint density at radius 3 is 2.52 bits per heavy atom.